The molecule has 0 saturated carbocycles. The summed E-state index contributed by atoms with van der Waals surface area (Å²) in [6.45, 7) is 7.37. The Morgan fingerprint density at radius 2 is 2.00 bits per heavy atom. The van der Waals surface area contributed by atoms with E-state index in [4.69, 9.17) is 4.74 Å². The molecule has 0 aliphatic carbocycles. The van der Waals surface area contributed by atoms with E-state index < -0.39 is 0 Å². The highest BCUT2D eigenvalue weighted by molar-refractivity contribution is 6.08. The van der Waals surface area contributed by atoms with E-state index in [2.05, 4.69) is 10.3 Å². The van der Waals surface area contributed by atoms with Gasteiger partial charge in [-0.3, -0.25) is 4.79 Å². The molecule has 0 atom stereocenters. The molecule has 0 fully saturated rings. The van der Waals surface area contributed by atoms with Crippen LogP contribution in [0.2, 0.25) is 0 Å². The maximum Gasteiger partial charge on any atom is 0.273 e. The zero-order valence-electron chi connectivity index (χ0n) is 14.9. The van der Waals surface area contributed by atoms with Gasteiger partial charge in [0.1, 0.15) is 5.69 Å². The summed E-state index contributed by atoms with van der Waals surface area (Å²) in [5.41, 5.74) is 2.70. The van der Waals surface area contributed by atoms with Crippen LogP contribution in [0.15, 0.2) is 42.6 Å². The van der Waals surface area contributed by atoms with Gasteiger partial charge in [0.25, 0.3) is 5.91 Å². The van der Waals surface area contributed by atoms with Crippen LogP contribution in [-0.2, 0) is 6.54 Å². The number of nitrogens with one attached hydrogen (secondary N) is 1. The summed E-state index contributed by atoms with van der Waals surface area (Å²) in [4.78, 5) is 17.3. The fourth-order valence-electron chi connectivity index (χ4n) is 3.08. The van der Waals surface area contributed by atoms with Crippen LogP contribution in [0.1, 0.15) is 36.3 Å². The number of anilines is 1. The van der Waals surface area contributed by atoms with Crippen molar-refractivity contribution in [3.8, 4) is 5.75 Å². The molecule has 0 unspecified atom stereocenters. The van der Waals surface area contributed by atoms with Gasteiger partial charge in [-0.05, 0) is 44.0 Å². The minimum Gasteiger partial charge on any atom is -0.490 e. The standard InChI is InChI=1S/C20H23N3O2/c1-4-13-25-17-11-8-12-21-19(17)22-20(24)18-14(3)15-9-6-7-10-16(15)23(18)5-2/h6-12H,4-5,13H2,1-3H3,(H,21,22,24). The van der Waals surface area contributed by atoms with E-state index in [-0.39, 0.29) is 5.91 Å². The molecule has 5 heteroatoms. The second-order valence-electron chi connectivity index (χ2n) is 5.89. The van der Waals surface area contributed by atoms with Crippen LogP contribution in [0.3, 0.4) is 0 Å². The maximum absolute atomic E-state index is 13.0. The molecule has 0 bridgehead atoms. The van der Waals surface area contributed by atoms with Crippen molar-refractivity contribution >= 4 is 22.6 Å². The van der Waals surface area contributed by atoms with Crippen molar-refractivity contribution in [3.05, 3.63) is 53.9 Å². The van der Waals surface area contributed by atoms with E-state index in [1.807, 2.05) is 55.7 Å². The average molecular weight is 337 g/mol. The van der Waals surface area contributed by atoms with Crippen molar-refractivity contribution in [1.82, 2.24) is 9.55 Å². The Morgan fingerprint density at radius 1 is 1.20 bits per heavy atom. The number of ether oxygens (including phenoxy) is 1. The number of aryl methyl sites for hydroxylation is 2. The first-order chi connectivity index (χ1) is 12.2. The van der Waals surface area contributed by atoms with E-state index in [9.17, 15) is 4.79 Å². The molecule has 0 aliphatic heterocycles. The molecule has 1 amide bonds. The number of amides is 1. The summed E-state index contributed by atoms with van der Waals surface area (Å²) in [5, 5.41) is 4.01. The monoisotopic (exact) mass is 337 g/mol. The summed E-state index contributed by atoms with van der Waals surface area (Å²) >= 11 is 0. The Hall–Kier alpha value is -2.82. The molecular formula is C20H23N3O2. The van der Waals surface area contributed by atoms with Crippen molar-refractivity contribution in [1.29, 1.82) is 0 Å². The molecule has 2 heterocycles. The van der Waals surface area contributed by atoms with Crippen molar-refractivity contribution in [2.75, 3.05) is 11.9 Å². The third-order valence-electron chi connectivity index (χ3n) is 4.22. The lowest BCUT2D eigenvalue weighted by atomic mass is 10.1. The minimum absolute atomic E-state index is 0.171. The first-order valence-electron chi connectivity index (χ1n) is 8.64. The summed E-state index contributed by atoms with van der Waals surface area (Å²) in [5.74, 6) is 0.873. The second kappa shape index (κ2) is 7.38. The SMILES string of the molecule is CCCOc1cccnc1NC(=O)c1c(C)c2ccccc2n1CC. The Balaban J connectivity index is 1.98. The lowest BCUT2D eigenvalue weighted by Gasteiger charge is -2.12. The third-order valence-corrected chi connectivity index (χ3v) is 4.22. The summed E-state index contributed by atoms with van der Waals surface area (Å²) in [6.07, 6.45) is 2.54. The molecule has 0 aliphatic rings. The van der Waals surface area contributed by atoms with Gasteiger partial charge < -0.3 is 14.6 Å². The number of hydrogen-bond acceptors (Lipinski definition) is 3. The van der Waals surface area contributed by atoms with Crippen molar-refractivity contribution in [2.24, 2.45) is 0 Å². The van der Waals surface area contributed by atoms with E-state index in [1.165, 1.54) is 0 Å². The van der Waals surface area contributed by atoms with E-state index >= 15 is 0 Å². The van der Waals surface area contributed by atoms with Gasteiger partial charge in [-0.25, -0.2) is 4.98 Å². The number of carbonyl (C=O) groups excluding carboxylic acids is 1. The normalized spacial score (nSPS) is 10.8. The summed E-state index contributed by atoms with van der Waals surface area (Å²) in [6, 6.07) is 11.7. The molecule has 130 valence electrons. The zero-order chi connectivity index (χ0) is 17.8. The van der Waals surface area contributed by atoms with Crippen LogP contribution in [-0.4, -0.2) is 22.1 Å². The number of hydrogen-bond donors (Lipinski definition) is 1. The van der Waals surface area contributed by atoms with Crippen LogP contribution in [0.4, 0.5) is 5.82 Å². The van der Waals surface area contributed by atoms with Gasteiger partial charge in [-0.1, -0.05) is 25.1 Å². The first-order valence-corrected chi connectivity index (χ1v) is 8.64. The Morgan fingerprint density at radius 3 is 2.76 bits per heavy atom. The highest BCUT2D eigenvalue weighted by Crippen LogP contribution is 2.27. The maximum atomic E-state index is 13.0. The third kappa shape index (κ3) is 3.22. The molecule has 1 N–H and O–H groups in total. The number of nitrogens with zero attached hydrogens (tertiary/aromatic N) is 2. The minimum atomic E-state index is -0.171. The number of para-hydroxylation sites is 1. The molecule has 3 rings (SSSR count). The molecule has 2 aromatic heterocycles. The first kappa shape index (κ1) is 17.0. The van der Waals surface area contributed by atoms with Crippen molar-refractivity contribution < 1.29 is 9.53 Å². The number of benzene rings is 1. The number of aromatic nitrogens is 2. The van der Waals surface area contributed by atoms with Crippen LogP contribution in [0, 0.1) is 6.92 Å². The predicted molar refractivity (Wildman–Crippen MR) is 100 cm³/mol. The van der Waals surface area contributed by atoms with E-state index in [0.29, 0.717) is 23.9 Å². The molecule has 0 saturated heterocycles. The molecule has 0 spiro atoms. The number of carbonyl (C=O) groups is 1. The largest absolute Gasteiger partial charge is 0.490 e. The fraction of sp³-hybridized carbons (Fsp3) is 0.300. The Bertz CT molecular complexity index is 899. The fourth-order valence-corrected chi connectivity index (χ4v) is 3.08. The second-order valence-corrected chi connectivity index (χ2v) is 5.89. The Labute approximate surface area is 147 Å². The van der Waals surface area contributed by atoms with Crippen molar-refractivity contribution in [2.45, 2.75) is 33.7 Å². The van der Waals surface area contributed by atoms with Gasteiger partial charge in [-0.15, -0.1) is 0 Å². The van der Waals surface area contributed by atoms with Gasteiger partial charge in [0.15, 0.2) is 11.6 Å². The summed E-state index contributed by atoms with van der Waals surface area (Å²) in [7, 11) is 0. The van der Waals surface area contributed by atoms with E-state index in [1.54, 1.807) is 12.3 Å². The summed E-state index contributed by atoms with van der Waals surface area (Å²) < 4.78 is 7.72. The van der Waals surface area contributed by atoms with Gasteiger partial charge in [0, 0.05) is 23.6 Å². The lowest BCUT2D eigenvalue weighted by Crippen LogP contribution is -2.19. The number of pyridine rings is 1. The topological polar surface area (TPSA) is 56.1 Å². The van der Waals surface area contributed by atoms with Crippen molar-refractivity contribution in [3.63, 3.8) is 0 Å². The molecular weight excluding hydrogens is 314 g/mol. The smallest absolute Gasteiger partial charge is 0.273 e. The van der Waals surface area contributed by atoms with Crippen LogP contribution in [0.5, 0.6) is 5.75 Å². The average Bonchev–Trinajstić information content (AvgIpc) is 2.93. The highest BCUT2D eigenvalue weighted by atomic mass is 16.5. The molecule has 1 aromatic carbocycles. The Kier molecular flexibility index (Phi) is 5.03. The van der Waals surface area contributed by atoms with Crippen LogP contribution in [0.25, 0.3) is 10.9 Å². The van der Waals surface area contributed by atoms with Crippen LogP contribution < -0.4 is 10.1 Å². The van der Waals surface area contributed by atoms with Gasteiger partial charge >= 0.3 is 0 Å². The van der Waals surface area contributed by atoms with Crippen LogP contribution >= 0.6 is 0 Å². The predicted octanol–water partition coefficient (Wildman–Crippen LogP) is 4.41. The highest BCUT2D eigenvalue weighted by Gasteiger charge is 2.20. The number of rotatable bonds is 6. The molecule has 0 radical (unpaired) electrons. The van der Waals surface area contributed by atoms with Gasteiger partial charge in [-0.2, -0.15) is 0 Å². The lowest BCUT2D eigenvalue weighted by molar-refractivity contribution is 0.101. The van der Waals surface area contributed by atoms with E-state index in [0.717, 1.165) is 29.4 Å². The number of fused-ring (bicyclic) bond motifs is 1. The quantitative estimate of drug-likeness (QED) is 0.725. The molecule has 5 nitrogen and oxygen atoms in total. The van der Waals surface area contributed by atoms with Gasteiger partial charge in [0.05, 0.1) is 6.61 Å². The molecule has 25 heavy (non-hydrogen) atoms. The zero-order valence-corrected chi connectivity index (χ0v) is 14.9. The molecule has 3 aromatic rings. The van der Waals surface area contributed by atoms with Gasteiger partial charge in [0.2, 0.25) is 0 Å².